The van der Waals surface area contributed by atoms with Crippen LogP contribution in [-0.2, 0) is 11.3 Å². The van der Waals surface area contributed by atoms with Gasteiger partial charge in [0, 0.05) is 0 Å². The number of hydrogen-bond acceptors (Lipinski definition) is 2. The summed E-state index contributed by atoms with van der Waals surface area (Å²) >= 11 is 0. The monoisotopic (exact) mass is 280 g/mol. The van der Waals surface area contributed by atoms with Crippen LogP contribution in [0.15, 0.2) is 66.7 Å². The smallest absolute Gasteiger partial charge is 0.342 e. The lowest BCUT2D eigenvalue weighted by atomic mass is 10.2. The van der Waals surface area contributed by atoms with E-state index in [2.05, 4.69) is 4.74 Å². The lowest BCUT2D eigenvalue weighted by Gasteiger charge is -2.08. The van der Waals surface area contributed by atoms with Crippen LogP contribution in [0.1, 0.15) is 5.56 Å². The Morgan fingerprint density at radius 3 is 2.25 bits per heavy atom. The standard InChI is InChI=1S/C15H11F3O2/c16-14(17)15(18)19-10-11-5-4-8-13(9-11)20-12-6-2-1-3-7-12/h1-9H,10H2. The fourth-order valence-electron chi connectivity index (χ4n) is 1.52. The van der Waals surface area contributed by atoms with Crippen LogP contribution in [0.25, 0.3) is 0 Å². The molecule has 0 atom stereocenters. The highest BCUT2D eigenvalue weighted by molar-refractivity contribution is 5.33. The van der Waals surface area contributed by atoms with Crippen LogP contribution in [-0.4, -0.2) is 0 Å². The molecule has 2 rings (SSSR count). The summed E-state index contributed by atoms with van der Waals surface area (Å²) in [5, 5.41) is 0. The largest absolute Gasteiger partial charge is 0.462 e. The highest BCUT2D eigenvalue weighted by Crippen LogP contribution is 2.22. The van der Waals surface area contributed by atoms with Gasteiger partial charge in [-0.1, -0.05) is 30.3 Å². The highest BCUT2D eigenvalue weighted by atomic mass is 19.3. The molecule has 5 heteroatoms. The van der Waals surface area contributed by atoms with Gasteiger partial charge in [-0.05, 0) is 29.8 Å². The van der Waals surface area contributed by atoms with Crippen molar-refractivity contribution in [1.82, 2.24) is 0 Å². The molecule has 0 saturated heterocycles. The highest BCUT2D eigenvalue weighted by Gasteiger charge is 2.07. The number of ether oxygens (including phenoxy) is 2. The van der Waals surface area contributed by atoms with Crippen molar-refractivity contribution >= 4 is 0 Å². The molecule has 0 heterocycles. The first kappa shape index (κ1) is 14.0. The molecule has 0 radical (unpaired) electrons. The lowest BCUT2D eigenvalue weighted by molar-refractivity contribution is 0.108. The number of halogens is 3. The van der Waals surface area contributed by atoms with Crippen molar-refractivity contribution < 1.29 is 22.6 Å². The Labute approximate surface area is 114 Å². The van der Waals surface area contributed by atoms with Crippen molar-refractivity contribution in [1.29, 1.82) is 0 Å². The molecule has 0 spiro atoms. The van der Waals surface area contributed by atoms with Gasteiger partial charge in [0.05, 0.1) is 0 Å². The van der Waals surface area contributed by atoms with Crippen LogP contribution < -0.4 is 4.74 Å². The predicted octanol–water partition coefficient (Wildman–Crippen LogP) is 5.03. The van der Waals surface area contributed by atoms with E-state index in [-0.39, 0.29) is 6.61 Å². The van der Waals surface area contributed by atoms with Crippen LogP contribution in [0.3, 0.4) is 0 Å². The molecule has 0 unspecified atom stereocenters. The van der Waals surface area contributed by atoms with Crippen molar-refractivity contribution in [2.75, 3.05) is 0 Å². The second-order valence-corrected chi connectivity index (χ2v) is 3.89. The summed E-state index contributed by atoms with van der Waals surface area (Å²) in [7, 11) is 0. The lowest BCUT2D eigenvalue weighted by Crippen LogP contribution is -1.92. The van der Waals surface area contributed by atoms with Gasteiger partial charge in [-0.2, -0.15) is 13.2 Å². The van der Waals surface area contributed by atoms with Crippen molar-refractivity contribution in [3.05, 3.63) is 72.3 Å². The molecule has 0 N–H and O–H groups in total. The zero-order valence-electron chi connectivity index (χ0n) is 10.4. The summed E-state index contributed by atoms with van der Waals surface area (Å²) in [4.78, 5) is 0. The summed E-state index contributed by atoms with van der Waals surface area (Å²) in [6, 6.07) is 13.8. The third-order valence-corrected chi connectivity index (χ3v) is 2.39. The maximum absolute atomic E-state index is 12.5. The molecule has 2 aromatic carbocycles. The van der Waals surface area contributed by atoms with Crippen molar-refractivity contribution in [2.24, 2.45) is 0 Å². The maximum Gasteiger partial charge on any atom is 0.342 e. The van der Waals surface area contributed by atoms with E-state index in [4.69, 9.17) is 4.74 Å². The Hall–Kier alpha value is -2.43. The second kappa shape index (κ2) is 6.65. The van der Waals surface area contributed by atoms with Crippen LogP contribution in [0.2, 0.25) is 0 Å². The second-order valence-electron chi connectivity index (χ2n) is 3.89. The molecule has 0 aromatic heterocycles. The van der Waals surface area contributed by atoms with Gasteiger partial charge in [0.1, 0.15) is 18.1 Å². The Balaban J connectivity index is 2.03. The molecule has 20 heavy (non-hydrogen) atoms. The molecule has 0 fully saturated rings. The Morgan fingerprint density at radius 2 is 1.55 bits per heavy atom. The fraction of sp³-hybridized carbons (Fsp3) is 0.0667. The minimum Gasteiger partial charge on any atom is -0.462 e. The SMILES string of the molecule is FC(F)=C(F)OCc1cccc(Oc2ccccc2)c1. The normalized spacial score (nSPS) is 9.95. The minimum atomic E-state index is -2.47. The van der Waals surface area contributed by atoms with Crippen LogP contribution in [0.5, 0.6) is 11.5 Å². The third kappa shape index (κ3) is 4.05. The molecular weight excluding hydrogens is 269 g/mol. The van der Waals surface area contributed by atoms with E-state index >= 15 is 0 Å². The van der Waals surface area contributed by atoms with E-state index < -0.39 is 12.1 Å². The topological polar surface area (TPSA) is 18.5 Å². The van der Waals surface area contributed by atoms with Crippen LogP contribution in [0, 0.1) is 0 Å². The van der Waals surface area contributed by atoms with Gasteiger partial charge >= 0.3 is 12.1 Å². The van der Waals surface area contributed by atoms with E-state index in [0.29, 0.717) is 17.1 Å². The number of benzene rings is 2. The average molecular weight is 280 g/mol. The first-order valence-corrected chi connectivity index (χ1v) is 5.80. The Kier molecular flexibility index (Phi) is 4.65. The summed E-state index contributed by atoms with van der Waals surface area (Å²) in [5.74, 6) is 1.16. The summed E-state index contributed by atoms with van der Waals surface area (Å²) in [6.45, 7) is -0.296. The summed E-state index contributed by atoms with van der Waals surface area (Å²) in [6.07, 6.45) is -2.47. The van der Waals surface area contributed by atoms with E-state index in [1.54, 1.807) is 36.4 Å². The quantitative estimate of drug-likeness (QED) is 0.715. The van der Waals surface area contributed by atoms with Gasteiger partial charge in [0.2, 0.25) is 0 Å². The van der Waals surface area contributed by atoms with Crippen molar-refractivity contribution in [3.63, 3.8) is 0 Å². The molecule has 0 saturated carbocycles. The zero-order chi connectivity index (χ0) is 14.4. The molecule has 0 aliphatic carbocycles. The molecule has 0 aliphatic heterocycles. The number of rotatable bonds is 5. The van der Waals surface area contributed by atoms with Gasteiger partial charge < -0.3 is 9.47 Å². The predicted molar refractivity (Wildman–Crippen MR) is 68.1 cm³/mol. The molecule has 2 nitrogen and oxygen atoms in total. The van der Waals surface area contributed by atoms with Gasteiger partial charge in [0.15, 0.2) is 0 Å². The van der Waals surface area contributed by atoms with E-state index in [1.807, 2.05) is 18.2 Å². The fourth-order valence-corrected chi connectivity index (χ4v) is 1.52. The van der Waals surface area contributed by atoms with Crippen LogP contribution in [0.4, 0.5) is 13.2 Å². The number of hydrogen-bond donors (Lipinski definition) is 0. The van der Waals surface area contributed by atoms with Gasteiger partial charge in [-0.25, -0.2) is 0 Å². The summed E-state index contributed by atoms with van der Waals surface area (Å²) in [5.41, 5.74) is 0.523. The first-order chi connectivity index (χ1) is 9.65. The minimum absolute atomic E-state index is 0.296. The molecule has 0 bridgehead atoms. The van der Waals surface area contributed by atoms with E-state index in [9.17, 15) is 13.2 Å². The molecular formula is C15H11F3O2. The molecule has 0 aliphatic rings. The number of para-hydroxylation sites is 1. The van der Waals surface area contributed by atoms with Crippen molar-refractivity contribution in [3.8, 4) is 11.5 Å². The molecule has 104 valence electrons. The zero-order valence-corrected chi connectivity index (χ0v) is 10.4. The van der Waals surface area contributed by atoms with Gasteiger partial charge in [-0.3, -0.25) is 0 Å². The average Bonchev–Trinajstić information content (AvgIpc) is 2.46. The third-order valence-electron chi connectivity index (χ3n) is 2.39. The van der Waals surface area contributed by atoms with Gasteiger partial charge in [-0.15, -0.1) is 0 Å². The van der Waals surface area contributed by atoms with E-state index in [1.165, 1.54) is 0 Å². The van der Waals surface area contributed by atoms with E-state index in [0.717, 1.165) is 0 Å². The maximum atomic E-state index is 12.5. The Bertz CT molecular complexity index is 593. The molecule has 2 aromatic rings. The Morgan fingerprint density at radius 1 is 0.850 bits per heavy atom. The molecule has 0 amide bonds. The van der Waals surface area contributed by atoms with Crippen LogP contribution >= 0.6 is 0 Å². The van der Waals surface area contributed by atoms with Crippen molar-refractivity contribution in [2.45, 2.75) is 6.61 Å². The summed E-state index contributed by atoms with van der Waals surface area (Å²) < 4.78 is 46.1. The first-order valence-electron chi connectivity index (χ1n) is 5.80. The van der Waals surface area contributed by atoms with Gasteiger partial charge in [0.25, 0.3) is 0 Å².